The van der Waals surface area contributed by atoms with Gasteiger partial charge in [0, 0.05) is 12.1 Å². The van der Waals surface area contributed by atoms with Crippen LogP contribution in [0.3, 0.4) is 0 Å². The fourth-order valence-corrected chi connectivity index (χ4v) is 2.57. The summed E-state index contributed by atoms with van der Waals surface area (Å²) in [5, 5.41) is 21.3. The molecule has 1 heterocycles. The monoisotopic (exact) mass is 314 g/mol. The molecule has 4 N–H and O–H groups in total. The molecule has 0 amide bonds. The van der Waals surface area contributed by atoms with Crippen molar-refractivity contribution in [2.24, 2.45) is 12.9 Å². The van der Waals surface area contributed by atoms with Gasteiger partial charge in [-0.2, -0.15) is 4.80 Å². The van der Waals surface area contributed by atoms with Crippen molar-refractivity contribution in [3.63, 3.8) is 0 Å². The van der Waals surface area contributed by atoms with Crippen molar-refractivity contribution in [3.05, 3.63) is 28.3 Å². The molecule has 13 heteroatoms. The number of nitrogens with two attached hydrogens (primary N) is 1. The van der Waals surface area contributed by atoms with Crippen molar-refractivity contribution in [3.8, 4) is 0 Å². The maximum Gasteiger partial charge on any atom is 0.277 e. The number of non-ortho nitro benzene ring substituents is 1. The molecule has 0 bridgehead atoms. The summed E-state index contributed by atoms with van der Waals surface area (Å²) < 4.78 is 26.4. The summed E-state index contributed by atoms with van der Waals surface area (Å²) in [6.07, 6.45) is 0. The van der Waals surface area contributed by atoms with Gasteiger partial charge in [0.2, 0.25) is 0 Å². The van der Waals surface area contributed by atoms with Crippen LogP contribution in [0, 0.1) is 10.1 Å². The van der Waals surface area contributed by atoms with E-state index in [-0.39, 0.29) is 22.2 Å². The molecule has 0 aliphatic carbocycles. The van der Waals surface area contributed by atoms with Gasteiger partial charge in [0.05, 0.1) is 17.7 Å². The van der Waals surface area contributed by atoms with Crippen LogP contribution in [0.5, 0.6) is 0 Å². The highest BCUT2D eigenvalue weighted by molar-refractivity contribution is 7.92. The Kier molecular flexibility index (Phi) is 3.68. The quantitative estimate of drug-likeness (QED) is 0.363. The molecule has 112 valence electrons. The third-order valence-electron chi connectivity index (χ3n) is 2.35. The lowest BCUT2D eigenvalue weighted by Crippen LogP contribution is -2.18. The van der Waals surface area contributed by atoms with E-state index in [4.69, 9.17) is 5.84 Å². The van der Waals surface area contributed by atoms with E-state index in [9.17, 15) is 18.5 Å². The molecule has 0 saturated carbocycles. The van der Waals surface area contributed by atoms with E-state index < -0.39 is 14.9 Å². The Morgan fingerprint density at radius 3 is 2.67 bits per heavy atom. The molecule has 0 atom stereocenters. The number of aryl methyl sites for hydroxylation is 1. The van der Waals surface area contributed by atoms with Crippen LogP contribution >= 0.6 is 0 Å². The number of hydrogen-bond acceptors (Lipinski definition) is 9. The van der Waals surface area contributed by atoms with Gasteiger partial charge >= 0.3 is 0 Å². The van der Waals surface area contributed by atoms with Crippen molar-refractivity contribution in [1.29, 1.82) is 0 Å². The van der Waals surface area contributed by atoms with Crippen LogP contribution in [0.15, 0.2) is 23.1 Å². The second kappa shape index (κ2) is 5.29. The minimum atomic E-state index is -4.08. The van der Waals surface area contributed by atoms with Crippen molar-refractivity contribution < 1.29 is 13.3 Å². The number of hydrogen-bond donors (Lipinski definition) is 3. The zero-order valence-corrected chi connectivity index (χ0v) is 11.4. The number of nitro benzene ring substituents is 1. The summed E-state index contributed by atoms with van der Waals surface area (Å²) >= 11 is 0. The third-order valence-corrected chi connectivity index (χ3v) is 3.74. The van der Waals surface area contributed by atoms with E-state index in [1.54, 1.807) is 0 Å². The predicted octanol–water partition coefficient (Wildman–Crippen LogP) is -0.795. The smallest absolute Gasteiger partial charge is 0.277 e. The number of aromatic nitrogens is 4. The summed E-state index contributed by atoms with van der Waals surface area (Å²) in [6, 6.07) is 3.09. The maximum absolute atomic E-state index is 12.2. The number of nitro groups is 1. The van der Waals surface area contributed by atoms with Crippen LogP contribution in [-0.2, 0) is 17.1 Å². The van der Waals surface area contributed by atoms with Gasteiger partial charge in [0.15, 0.2) is 0 Å². The standard InChI is InChI=1S/C8H10N8O4S/c1-15-12-8(11-14-15)13-21(19,20)7-3-2-5(16(17)18)4-6(7)10-9/h2-4,10H,9H2,1H3,(H,12,13). The maximum atomic E-state index is 12.2. The van der Waals surface area contributed by atoms with Crippen LogP contribution in [0.1, 0.15) is 0 Å². The summed E-state index contributed by atoms with van der Waals surface area (Å²) in [4.78, 5) is 10.8. The van der Waals surface area contributed by atoms with Gasteiger partial charge in [-0.1, -0.05) is 5.10 Å². The lowest BCUT2D eigenvalue weighted by atomic mass is 10.3. The highest BCUT2D eigenvalue weighted by atomic mass is 32.2. The molecule has 12 nitrogen and oxygen atoms in total. The van der Waals surface area contributed by atoms with E-state index in [0.717, 1.165) is 23.0 Å². The van der Waals surface area contributed by atoms with E-state index in [1.165, 1.54) is 7.05 Å². The number of hydrazine groups is 1. The molecule has 0 radical (unpaired) electrons. The first-order chi connectivity index (χ1) is 9.83. The molecule has 2 rings (SSSR count). The molecular formula is C8H10N8O4S. The first-order valence-electron chi connectivity index (χ1n) is 5.35. The van der Waals surface area contributed by atoms with Crippen molar-refractivity contribution in [2.75, 3.05) is 10.1 Å². The Morgan fingerprint density at radius 1 is 1.43 bits per heavy atom. The zero-order chi connectivity index (χ0) is 15.6. The number of benzene rings is 1. The normalized spacial score (nSPS) is 11.1. The fourth-order valence-electron chi connectivity index (χ4n) is 1.48. The highest BCUT2D eigenvalue weighted by Crippen LogP contribution is 2.26. The number of rotatable bonds is 5. The van der Waals surface area contributed by atoms with Crippen molar-refractivity contribution >= 4 is 27.3 Å². The van der Waals surface area contributed by atoms with E-state index in [2.05, 4.69) is 25.6 Å². The second-order valence-corrected chi connectivity index (χ2v) is 5.44. The number of nitrogen functional groups attached to an aromatic ring is 1. The van der Waals surface area contributed by atoms with Gasteiger partial charge in [0.1, 0.15) is 4.90 Å². The van der Waals surface area contributed by atoms with Crippen molar-refractivity contribution in [2.45, 2.75) is 4.90 Å². The van der Waals surface area contributed by atoms with Crippen LogP contribution in [0.25, 0.3) is 0 Å². The Hall–Kier alpha value is -2.80. The molecule has 0 spiro atoms. The predicted molar refractivity (Wildman–Crippen MR) is 70.5 cm³/mol. The Balaban J connectivity index is 2.42. The van der Waals surface area contributed by atoms with Gasteiger partial charge in [0.25, 0.3) is 21.7 Å². The molecule has 1 aromatic carbocycles. The summed E-state index contributed by atoms with van der Waals surface area (Å²) in [5.41, 5.74) is 1.66. The summed E-state index contributed by atoms with van der Waals surface area (Å²) in [7, 11) is -2.62. The van der Waals surface area contributed by atoms with Crippen LogP contribution < -0.4 is 16.0 Å². The average Bonchev–Trinajstić information content (AvgIpc) is 2.82. The van der Waals surface area contributed by atoms with Gasteiger partial charge in [-0.15, -0.1) is 5.10 Å². The number of nitrogens with one attached hydrogen (secondary N) is 2. The van der Waals surface area contributed by atoms with E-state index >= 15 is 0 Å². The lowest BCUT2D eigenvalue weighted by Gasteiger charge is -2.09. The number of nitrogens with zero attached hydrogens (tertiary/aromatic N) is 5. The first-order valence-corrected chi connectivity index (χ1v) is 6.83. The largest absolute Gasteiger partial charge is 0.323 e. The minimum absolute atomic E-state index is 0.138. The van der Waals surface area contributed by atoms with Crippen molar-refractivity contribution in [1.82, 2.24) is 20.2 Å². The molecule has 1 aromatic heterocycles. The number of anilines is 2. The van der Waals surface area contributed by atoms with E-state index in [1.807, 2.05) is 0 Å². The molecule has 0 saturated heterocycles. The summed E-state index contributed by atoms with van der Waals surface area (Å²) in [5.74, 6) is 4.96. The Bertz CT molecular complexity index is 785. The topological polar surface area (TPSA) is 171 Å². The zero-order valence-electron chi connectivity index (χ0n) is 10.6. The number of sulfonamides is 1. The van der Waals surface area contributed by atoms with Crippen LogP contribution in [0.4, 0.5) is 17.3 Å². The van der Waals surface area contributed by atoms with Gasteiger partial charge in [-0.3, -0.25) is 16.0 Å². The SMILES string of the molecule is Cn1nnc(NS(=O)(=O)c2ccc([N+](=O)[O-])cc2NN)n1. The Morgan fingerprint density at radius 2 is 2.14 bits per heavy atom. The van der Waals surface area contributed by atoms with Gasteiger partial charge in [-0.05, 0) is 11.3 Å². The van der Waals surface area contributed by atoms with Gasteiger partial charge < -0.3 is 5.43 Å². The molecule has 0 aliphatic heterocycles. The molecule has 21 heavy (non-hydrogen) atoms. The minimum Gasteiger partial charge on any atom is -0.323 e. The average molecular weight is 314 g/mol. The van der Waals surface area contributed by atoms with E-state index in [0.29, 0.717) is 0 Å². The van der Waals surface area contributed by atoms with Crippen LogP contribution in [-0.4, -0.2) is 33.5 Å². The third kappa shape index (κ3) is 3.03. The second-order valence-electron chi connectivity index (χ2n) is 3.79. The van der Waals surface area contributed by atoms with Gasteiger partial charge in [-0.25, -0.2) is 13.1 Å². The van der Waals surface area contributed by atoms with Crippen LogP contribution in [0.2, 0.25) is 0 Å². The number of tetrazole rings is 1. The molecule has 0 unspecified atom stereocenters. The molecular weight excluding hydrogens is 304 g/mol. The lowest BCUT2D eigenvalue weighted by molar-refractivity contribution is -0.384. The first kappa shape index (κ1) is 14.6. The Labute approximate surface area is 118 Å². The fraction of sp³-hybridized carbons (Fsp3) is 0.125. The molecule has 0 fully saturated rings. The highest BCUT2D eigenvalue weighted by Gasteiger charge is 2.22. The molecule has 0 aliphatic rings. The molecule has 2 aromatic rings. The summed E-state index contributed by atoms with van der Waals surface area (Å²) in [6.45, 7) is 0.